The number of rotatable bonds is 9. The third kappa shape index (κ3) is 7.13. The SMILES string of the molecule is CCc1cc(Nc2ncc(Cl)c(Nc3ccc(C)c(C)c3P(C)(C)=O)n2)c(OC)cc1N1CCC(N2CCCCC2)CC1. The van der Waals surface area contributed by atoms with Gasteiger partial charge in [-0.15, -0.1) is 0 Å². The molecule has 0 unspecified atom stereocenters. The van der Waals surface area contributed by atoms with Crippen molar-refractivity contribution < 1.29 is 9.30 Å². The van der Waals surface area contributed by atoms with Crippen molar-refractivity contribution in [3.63, 3.8) is 0 Å². The smallest absolute Gasteiger partial charge is 0.229 e. The van der Waals surface area contributed by atoms with Gasteiger partial charge in [0.25, 0.3) is 0 Å². The second-order valence-electron chi connectivity index (χ2n) is 12.2. The minimum Gasteiger partial charge on any atom is -0.494 e. The summed E-state index contributed by atoms with van der Waals surface area (Å²) in [6, 6.07) is 8.96. The highest BCUT2D eigenvalue weighted by Crippen LogP contribution is 2.41. The average Bonchev–Trinajstić information content (AvgIpc) is 3.00. The molecule has 2 aromatic carbocycles. The second kappa shape index (κ2) is 13.5. The summed E-state index contributed by atoms with van der Waals surface area (Å²) >= 11 is 6.54. The number of ether oxygens (including phenoxy) is 1. The lowest BCUT2D eigenvalue weighted by atomic mass is 9.98. The molecule has 2 aliphatic rings. The number of halogens is 1. The minimum absolute atomic E-state index is 0.376. The maximum absolute atomic E-state index is 13.2. The molecule has 43 heavy (non-hydrogen) atoms. The fraction of sp³-hybridized carbons (Fsp3) is 0.515. The predicted molar refractivity (Wildman–Crippen MR) is 182 cm³/mol. The molecule has 0 atom stereocenters. The number of nitrogens with one attached hydrogen (secondary N) is 2. The first-order chi connectivity index (χ1) is 20.6. The Morgan fingerprint density at radius 2 is 1.74 bits per heavy atom. The van der Waals surface area contributed by atoms with Crippen molar-refractivity contribution in [1.29, 1.82) is 0 Å². The van der Waals surface area contributed by atoms with Gasteiger partial charge in [-0.2, -0.15) is 4.98 Å². The second-order valence-corrected chi connectivity index (χ2v) is 15.8. The van der Waals surface area contributed by atoms with Crippen LogP contribution in [0.2, 0.25) is 5.02 Å². The highest BCUT2D eigenvalue weighted by atomic mass is 35.5. The van der Waals surface area contributed by atoms with Crippen LogP contribution >= 0.6 is 18.7 Å². The molecular formula is C33H46ClN6O2P. The van der Waals surface area contributed by atoms with Crippen LogP contribution in [0, 0.1) is 13.8 Å². The van der Waals surface area contributed by atoms with Gasteiger partial charge in [-0.25, -0.2) is 4.98 Å². The van der Waals surface area contributed by atoms with E-state index in [2.05, 4.69) is 44.5 Å². The molecule has 5 rings (SSSR count). The number of nitrogens with zero attached hydrogens (tertiary/aromatic N) is 4. The van der Waals surface area contributed by atoms with Crippen molar-refractivity contribution >= 4 is 52.9 Å². The van der Waals surface area contributed by atoms with Gasteiger partial charge in [-0.05, 0) is 101 Å². The van der Waals surface area contributed by atoms with Crippen molar-refractivity contribution in [2.24, 2.45) is 0 Å². The maximum atomic E-state index is 13.2. The van der Waals surface area contributed by atoms with E-state index in [0.29, 0.717) is 22.8 Å². The quantitative estimate of drug-likeness (QED) is 0.237. The molecule has 2 fully saturated rings. The number of hydrogen-bond donors (Lipinski definition) is 2. The monoisotopic (exact) mass is 624 g/mol. The van der Waals surface area contributed by atoms with Gasteiger partial charge in [0.15, 0.2) is 5.82 Å². The molecule has 2 saturated heterocycles. The zero-order valence-electron chi connectivity index (χ0n) is 26.5. The summed E-state index contributed by atoms with van der Waals surface area (Å²) < 4.78 is 19.1. The minimum atomic E-state index is -2.57. The molecule has 2 N–H and O–H groups in total. The maximum Gasteiger partial charge on any atom is 0.229 e. The number of hydrogen-bond acceptors (Lipinski definition) is 8. The van der Waals surface area contributed by atoms with Gasteiger partial charge < -0.3 is 29.7 Å². The number of methoxy groups -OCH3 is 1. The van der Waals surface area contributed by atoms with Crippen LogP contribution in [0.4, 0.5) is 28.8 Å². The predicted octanol–water partition coefficient (Wildman–Crippen LogP) is 7.51. The molecule has 0 amide bonds. The first-order valence-electron chi connectivity index (χ1n) is 15.5. The molecule has 3 aromatic rings. The van der Waals surface area contributed by atoms with E-state index in [1.807, 2.05) is 26.0 Å². The first-order valence-corrected chi connectivity index (χ1v) is 18.5. The number of anilines is 5. The fourth-order valence-electron chi connectivity index (χ4n) is 6.57. The number of likely N-dealkylation sites (tertiary alicyclic amines) is 1. The standard InChI is InChI=1S/C33H46ClN6O2P/c1-7-24-19-28(30(42-4)20-29(24)40-17-13-25(14-18-40)39-15-9-8-10-16-39)37-33-35-21-26(34)32(38-33)36-27-12-11-22(2)23(3)31(27)43(5,6)41/h11-12,19-21,25H,7-10,13-18H2,1-6H3,(H2,35,36,37,38). The van der Waals surface area contributed by atoms with Crippen molar-refractivity contribution in [2.75, 3.05) is 62.2 Å². The van der Waals surface area contributed by atoms with Gasteiger partial charge in [0, 0.05) is 36.2 Å². The van der Waals surface area contributed by atoms with E-state index < -0.39 is 7.14 Å². The van der Waals surface area contributed by atoms with Crippen molar-refractivity contribution in [1.82, 2.24) is 14.9 Å². The molecule has 1 aromatic heterocycles. The summed E-state index contributed by atoms with van der Waals surface area (Å²) in [4.78, 5) is 14.4. The van der Waals surface area contributed by atoms with Gasteiger partial charge in [0.05, 0.1) is 24.7 Å². The van der Waals surface area contributed by atoms with Gasteiger partial charge >= 0.3 is 0 Å². The Hall–Kier alpha value is -2.80. The fourth-order valence-corrected chi connectivity index (χ4v) is 8.41. The zero-order chi connectivity index (χ0) is 30.7. The van der Waals surface area contributed by atoms with Gasteiger partial charge in [0.2, 0.25) is 5.95 Å². The van der Waals surface area contributed by atoms with Crippen LogP contribution in [-0.2, 0) is 11.0 Å². The van der Waals surface area contributed by atoms with Crippen molar-refractivity contribution in [3.05, 3.63) is 52.2 Å². The lowest BCUT2D eigenvalue weighted by Crippen LogP contribution is -2.46. The number of aromatic nitrogens is 2. The van der Waals surface area contributed by atoms with Crippen LogP contribution in [0.1, 0.15) is 55.7 Å². The van der Waals surface area contributed by atoms with Crippen LogP contribution in [0.25, 0.3) is 0 Å². The summed E-state index contributed by atoms with van der Waals surface area (Å²) in [7, 11) is -0.876. The van der Waals surface area contributed by atoms with E-state index in [0.717, 1.165) is 53.1 Å². The lowest BCUT2D eigenvalue weighted by molar-refractivity contribution is 0.141. The number of aryl methyl sites for hydroxylation is 2. The van der Waals surface area contributed by atoms with E-state index in [4.69, 9.17) is 21.3 Å². The molecule has 3 heterocycles. The van der Waals surface area contributed by atoms with E-state index in [1.165, 1.54) is 56.4 Å². The van der Waals surface area contributed by atoms with E-state index in [1.54, 1.807) is 26.6 Å². The summed E-state index contributed by atoms with van der Waals surface area (Å²) in [6.45, 7) is 14.4. The number of benzene rings is 2. The zero-order valence-corrected chi connectivity index (χ0v) is 28.1. The molecule has 2 aliphatic heterocycles. The molecule has 10 heteroatoms. The summed E-state index contributed by atoms with van der Waals surface area (Å²) in [5.74, 6) is 1.58. The van der Waals surface area contributed by atoms with Gasteiger partial charge in [-0.3, -0.25) is 0 Å². The highest BCUT2D eigenvalue weighted by Gasteiger charge is 2.27. The van der Waals surface area contributed by atoms with Gasteiger partial charge in [0.1, 0.15) is 17.9 Å². The highest BCUT2D eigenvalue weighted by molar-refractivity contribution is 7.70. The Morgan fingerprint density at radius 1 is 1.02 bits per heavy atom. The first kappa shape index (κ1) is 31.6. The molecule has 0 bridgehead atoms. The molecular weight excluding hydrogens is 579 g/mol. The Balaban J connectivity index is 1.37. The summed E-state index contributed by atoms with van der Waals surface area (Å²) in [5, 5.41) is 7.89. The molecule has 0 saturated carbocycles. The van der Waals surface area contributed by atoms with Crippen molar-refractivity contribution in [3.8, 4) is 5.75 Å². The van der Waals surface area contributed by atoms with Crippen LogP contribution in [0.15, 0.2) is 30.5 Å². The molecule has 0 radical (unpaired) electrons. The third-order valence-corrected chi connectivity index (χ3v) is 10.9. The normalized spacial score (nSPS) is 16.8. The van der Waals surface area contributed by atoms with Crippen molar-refractivity contribution in [2.45, 2.75) is 65.3 Å². The molecule has 0 spiro atoms. The van der Waals surface area contributed by atoms with E-state index >= 15 is 0 Å². The Bertz CT molecular complexity index is 1500. The van der Waals surface area contributed by atoms with Crippen LogP contribution in [0.3, 0.4) is 0 Å². The van der Waals surface area contributed by atoms with Crippen LogP contribution in [0.5, 0.6) is 5.75 Å². The van der Waals surface area contributed by atoms with E-state index in [-0.39, 0.29) is 0 Å². The summed E-state index contributed by atoms with van der Waals surface area (Å²) in [5.41, 5.74) is 6.14. The van der Waals surface area contributed by atoms with Crippen LogP contribution < -0.4 is 25.6 Å². The molecule has 232 valence electrons. The Morgan fingerprint density at radius 3 is 2.40 bits per heavy atom. The number of piperidine rings is 2. The Kier molecular flexibility index (Phi) is 9.89. The Labute approximate surface area is 262 Å². The van der Waals surface area contributed by atoms with Crippen LogP contribution in [-0.4, -0.2) is 67.5 Å². The molecule has 0 aliphatic carbocycles. The average molecular weight is 625 g/mol. The summed E-state index contributed by atoms with van der Waals surface area (Å²) in [6.07, 6.45) is 8.94. The third-order valence-electron chi connectivity index (χ3n) is 8.98. The molecule has 8 nitrogen and oxygen atoms in total. The van der Waals surface area contributed by atoms with Gasteiger partial charge in [-0.1, -0.05) is 31.0 Å². The largest absolute Gasteiger partial charge is 0.494 e. The lowest BCUT2D eigenvalue weighted by Gasteiger charge is -2.41. The topological polar surface area (TPSA) is 82.6 Å². The van der Waals surface area contributed by atoms with E-state index in [9.17, 15) is 4.57 Å².